The van der Waals surface area contributed by atoms with Crippen LogP contribution in [0.1, 0.15) is 26.3 Å². The average molecular weight is 365 g/mol. The molecule has 0 radical (unpaired) electrons. The Kier molecular flexibility index (Phi) is 5.07. The predicted octanol–water partition coefficient (Wildman–Crippen LogP) is 3.58. The van der Waals surface area contributed by atoms with Crippen molar-refractivity contribution in [3.63, 3.8) is 0 Å². The van der Waals surface area contributed by atoms with Crippen molar-refractivity contribution in [3.05, 3.63) is 47.0 Å². The fourth-order valence-corrected chi connectivity index (χ4v) is 1.85. The van der Waals surface area contributed by atoms with Crippen LogP contribution in [-0.4, -0.2) is 26.6 Å². The van der Waals surface area contributed by atoms with Crippen LogP contribution < -0.4 is 4.90 Å². The lowest BCUT2D eigenvalue weighted by molar-refractivity contribution is 0.0575. The van der Waals surface area contributed by atoms with Gasteiger partial charge in [-0.25, -0.2) is 19.7 Å². The first-order valence-corrected chi connectivity index (χ1v) is 7.51. The second kappa shape index (κ2) is 6.83. The molecule has 7 heteroatoms. The van der Waals surface area contributed by atoms with E-state index in [-0.39, 0.29) is 5.95 Å². The molecule has 0 bridgehead atoms. The first-order chi connectivity index (χ1) is 10.3. The van der Waals surface area contributed by atoms with Crippen LogP contribution in [0, 0.1) is 0 Å². The molecule has 0 spiro atoms. The number of ether oxygens (including phenoxy) is 1. The zero-order valence-electron chi connectivity index (χ0n) is 12.7. The summed E-state index contributed by atoms with van der Waals surface area (Å²) in [6, 6.07) is 3.66. The monoisotopic (exact) mass is 364 g/mol. The molecule has 2 heterocycles. The Bertz CT molecular complexity index is 626. The van der Waals surface area contributed by atoms with Crippen molar-refractivity contribution in [3.8, 4) is 0 Å². The molecule has 6 nitrogen and oxygen atoms in total. The zero-order valence-corrected chi connectivity index (χ0v) is 14.2. The SMILES string of the molecule is CC(C)(C)OC(=O)N(Cc1ccncc1)c1ncc(Br)cn1. The first-order valence-electron chi connectivity index (χ1n) is 6.72. The summed E-state index contributed by atoms with van der Waals surface area (Å²) in [7, 11) is 0. The molecule has 0 aliphatic heterocycles. The van der Waals surface area contributed by atoms with E-state index in [0.29, 0.717) is 6.54 Å². The molecular formula is C15H17BrN4O2. The van der Waals surface area contributed by atoms with Gasteiger partial charge in [0.2, 0.25) is 5.95 Å². The van der Waals surface area contributed by atoms with E-state index in [2.05, 4.69) is 30.9 Å². The highest BCUT2D eigenvalue weighted by molar-refractivity contribution is 9.10. The van der Waals surface area contributed by atoms with E-state index in [4.69, 9.17) is 4.74 Å². The normalized spacial score (nSPS) is 11.1. The Balaban J connectivity index is 2.27. The highest BCUT2D eigenvalue weighted by atomic mass is 79.9. The fourth-order valence-electron chi connectivity index (χ4n) is 1.65. The van der Waals surface area contributed by atoms with Crippen LogP contribution in [0.15, 0.2) is 41.4 Å². The van der Waals surface area contributed by atoms with Gasteiger partial charge in [0.05, 0.1) is 11.0 Å². The molecule has 2 rings (SSSR count). The number of pyridine rings is 1. The van der Waals surface area contributed by atoms with Gasteiger partial charge in [0, 0.05) is 24.8 Å². The van der Waals surface area contributed by atoms with Crippen molar-refractivity contribution in [1.82, 2.24) is 15.0 Å². The van der Waals surface area contributed by atoms with Crippen LogP contribution in [0.4, 0.5) is 10.7 Å². The number of carbonyl (C=O) groups excluding carboxylic acids is 1. The molecule has 0 aromatic carbocycles. The van der Waals surface area contributed by atoms with E-state index in [1.54, 1.807) is 24.8 Å². The van der Waals surface area contributed by atoms with Crippen molar-refractivity contribution in [2.75, 3.05) is 4.90 Å². The molecule has 0 N–H and O–H groups in total. The molecule has 0 aliphatic carbocycles. The minimum Gasteiger partial charge on any atom is -0.443 e. The number of amides is 1. The van der Waals surface area contributed by atoms with Crippen LogP contribution in [0.3, 0.4) is 0 Å². The number of anilines is 1. The van der Waals surface area contributed by atoms with Crippen molar-refractivity contribution in [2.24, 2.45) is 0 Å². The summed E-state index contributed by atoms with van der Waals surface area (Å²) < 4.78 is 6.18. The van der Waals surface area contributed by atoms with Crippen LogP contribution in [-0.2, 0) is 11.3 Å². The van der Waals surface area contributed by atoms with Gasteiger partial charge < -0.3 is 4.74 Å². The van der Waals surface area contributed by atoms with Crippen molar-refractivity contribution < 1.29 is 9.53 Å². The summed E-state index contributed by atoms with van der Waals surface area (Å²) >= 11 is 3.28. The Morgan fingerprint density at radius 1 is 1.23 bits per heavy atom. The maximum atomic E-state index is 12.4. The van der Waals surface area contributed by atoms with Crippen molar-refractivity contribution in [1.29, 1.82) is 0 Å². The summed E-state index contributed by atoms with van der Waals surface area (Å²) in [4.78, 5) is 26.2. The lowest BCUT2D eigenvalue weighted by Gasteiger charge is -2.26. The largest absolute Gasteiger partial charge is 0.443 e. The van der Waals surface area contributed by atoms with Gasteiger partial charge in [0.15, 0.2) is 0 Å². The van der Waals surface area contributed by atoms with Gasteiger partial charge in [-0.15, -0.1) is 0 Å². The lowest BCUT2D eigenvalue weighted by Crippen LogP contribution is -2.37. The molecule has 0 fully saturated rings. The molecule has 0 unspecified atom stereocenters. The summed E-state index contributed by atoms with van der Waals surface area (Å²) in [5, 5.41) is 0. The predicted molar refractivity (Wildman–Crippen MR) is 86.4 cm³/mol. The molecule has 22 heavy (non-hydrogen) atoms. The smallest absolute Gasteiger partial charge is 0.417 e. The molecule has 0 aliphatic rings. The van der Waals surface area contributed by atoms with Crippen LogP contribution in [0.25, 0.3) is 0 Å². The van der Waals surface area contributed by atoms with Crippen molar-refractivity contribution in [2.45, 2.75) is 32.9 Å². The summed E-state index contributed by atoms with van der Waals surface area (Å²) in [5.74, 6) is 0.286. The highest BCUT2D eigenvalue weighted by Crippen LogP contribution is 2.18. The average Bonchev–Trinajstić information content (AvgIpc) is 2.45. The number of carbonyl (C=O) groups is 1. The summed E-state index contributed by atoms with van der Waals surface area (Å²) in [5.41, 5.74) is 0.315. The molecule has 0 saturated heterocycles. The number of hydrogen-bond donors (Lipinski definition) is 0. The molecule has 2 aromatic heterocycles. The summed E-state index contributed by atoms with van der Waals surface area (Å²) in [6.45, 7) is 5.76. The van der Waals surface area contributed by atoms with E-state index in [1.165, 1.54) is 4.90 Å². The van der Waals surface area contributed by atoms with Gasteiger partial charge in [-0.05, 0) is 54.4 Å². The van der Waals surface area contributed by atoms with Gasteiger partial charge in [-0.3, -0.25) is 4.98 Å². The molecule has 116 valence electrons. The van der Waals surface area contributed by atoms with E-state index < -0.39 is 11.7 Å². The number of rotatable bonds is 3. The Morgan fingerprint density at radius 3 is 2.36 bits per heavy atom. The van der Waals surface area contributed by atoms with Crippen LogP contribution >= 0.6 is 15.9 Å². The Morgan fingerprint density at radius 2 is 1.82 bits per heavy atom. The van der Waals surface area contributed by atoms with Gasteiger partial charge in [-0.1, -0.05) is 0 Å². The third kappa shape index (κ3) is 4.77. The second-order valence-electron chi connectivity index (χ2n) is 5.62. The molecular weight excluding hydrogens is 348 g/mol. The van der Waals surface area contributed by atoms with Gasteiger partial charge in [0.1, 0.15) is 5.60 Å². The van der Waals surface area contributed by atoms with E-state index in [9.17, 15) is 4.79 Å². The van der Waals surface area contributed by atoms with Crippen LogP contribution in [0.2, 0.25) is 0 Å². The second-order valence-corrected chi connectivity index (χ2v) is 6.54. The minimum absolute atomic E-state index is 0.286. The minimum atomic E-state index is -0.594. The summed E-state index contributed by atoms with van der Waals surface area (Å²) in [6.07, 6.45) is 6.03. The Hall–Kier alpha value is -2.02. The zero-order chi connectivity index (χ0) is 16.2. The number of hydrogen-bond acceptors (Lipinski definition) is 5. The fraction of sp³-hybridized carbons (Fsp3) is 0.333. The van der Waals surface area contributed by atoms with Gasteiger partial charge >= 0.3 is 6.09 Å². The maximum absolute atomic E-state index is 12.4. The highest BCUT2D eigenvalue weighted by Gasteiger charge is 2.25. The molecule has 2 aromatic rings. The van der Waals surface area contributed by atoms with E-state index in [1.807, 2.05) is 32.9 Å². The van der Waals surface area contributed by atoms with Crippen LogP contribution in [0.5, 0.6) is 0 Å². The molecule has 0 saturated carbocycles. The van der Waals surface area contributed by atoms with Crippen molar-refractivity contribution >= 4 is 28.0 Å². The standard InChI is InChI=1S/C15H17BrN4O2/c1-15(2,3)22-14(21)20(10-11-4-6-17-7-5-11)13-18-8-12(16)9-19-13/h4-9H,10H2,1-3H3. The third-order valence-electron chi connectivity index (χ3n) is 2.55. The first kappa shape index (κ1) is 16.4. The number of nitrogens with zero attached hydrogens (tertiary/aromatic N) is 4. The van der Waals surface area contributed by atoms with E-state index >= 15 is 0 Å². The Labute approximate surface area is 137 Å². The van der Waals surface area contributed by atoms with Gasteiger partial charge in [-0.2, -0.15) is 0 Å². The lowest BCUT2D eigenvalue weighted by atomic mass is 10.2. The molecule has 0 atom stereocenters. The topological polar surface area (TPSA) is 68.2 Å². The number of halogens is 1. The van der Waals surface area contributed by atoms with Gasteiger partial charge in [0.25, 0.3) is 0 Å². The maximum Gasteiger partial charge on any atom is 0.417 e. The number of aromatic nitrogens is 3. The molecule has 1 amide bonds. The third-order valence-corrected chi connectivity index (χ3v) is 2.96. The van der Waals surface area contributed by atoms with E-state index in [0.717, 1.165) is 10.0 Å². The quantitative estimate of drug-likeness (QED) is 0.832.